The average Bonchev–Trinajstić information content (AvgIpc) is 2.71. The van der Waals surface area contributed by atoms with Gasteiger partial charge in [0.1, 0.15) is 19.5 Å². The lowest BCUT2D eigenvalue weighted by Gasteiger charge is -2.13. The van der Waals surface area contributed by atoms with Gasteiger partial charge in [0.25, 0.3) is 5.91 Å². The summed E-state index contributed by atoms with van der Waals surface area (Å²) < 4.78 is 52.4. The number of nitrogens with one attached hydrogen (secondary N) is 1. The molecule has 0 radical (unpaired) electrons. The topological polar surface area (TPSA) is 72.3 Å². The fraction of sp³-hybridized carbons (Fsp3) is 0.286. The Morgan fingerprint density at radius 2 is 1.87 bits per heavy atom. The highest BCUT2D eigenvalue weighted by Crippen LogP contribution is 2.30. The van der Waals surface area contributed by atoms with Crippen molar-refractivity contribution in [1.29, 1.82) is 0 Å². The third kappa shape index (κ3) is 6.03. The van der Waals surface area contributed by atoms with Crippen LogP contribution in [0.25, 0.3) is 0 Å². The second-order valence-electron chi connectivity index (χ2n) is 6.48. The van der Waals surface area contributed by atoms with E-state index in [4.69, 9.17) is 9.68 Å². The minimum absolute atomic E-state index is 0.0213. The molecule has 0 heterocycles. The number of aryl methyl sites for hydroxylation is 1. The van der Waals surface area contributed by atoms with Crippen LogP contribution in [0, 0.1) is 12.7 Å². The highest BCUT2D eigenvalue weighted by atomic mass is 19.4. The Morgan fingerprint density at radius 1 is 1.16 bits per heavy atom. The van der Waals surface area contributed by atoms with Crippen molar-refractivity contribution in [3.05, 3.63) is 70.0 Å². The highest BCUT2D eigenvalue weighted by molar-refractivity contribution is 6.45. The Balaban J connectivity index is 2.32. The van der Waals surface area contributed by atoms with Gasteiger partial charge in [-0.25, -0.2) is 4.39 Å². The zero-order chi connectivity index (χ0) is 23.2. The number of carbonyl (C=O) groups excluding carboxylic acids is 1. The molecular formula is C21H21F4N3O3. The molecule has 1 amide bonds. The summed E-state index contributed by atoms with van der Waals surface area (Å²) in [5, 5.41) is 10.1. The third-order valence-electron chi connectivity index (χ3n) is 4.34. The second kappa shape index (κ2) is 10.1. The number of oxime groups is 2. The molecule has 0 aromatic heterocycles. The Morgan fingerprint density at radius 3 is 2.48 bits per heavy atom. The number of carbonyl (C=O) groups is 1. The predicted molar refractivity (Wildman–Crippen MR) is 107 cm³/mol. The number of rotatable bonds is 7. The fourth-order valence-corrected chi connectivity index (χ4v) is 2.75. The number of likely N-dealkylation sites (N-methyl/N-ethyl adjacent to an activating group) is 1. The summed E-state index contributed by atoms with van der Waals surface area (Å²) in [5.41, 5.74) is 0.676. The van der Waals surface area contributed by atoms with E-state index in [0.717, 1.165) is 17.7 Å². The molecule has 0 saturated heterocycles. The number of hydrogen-bond donors (Lipinski definition) is 1. The van der Waals surface area contributed by atoms with Crippen LogP contribution < -0.4 is 5.32 Å². The standard InChI is InChI=1S/C21H21F4N3O3/c1-12-6-5-7-17(19(28-30-4)20(29)26-3)18(12)11-31-27-13(2)14-8-15(21(23,24)25)10-16(22)9-14/h5-10H,11H2,1-4H3,(H,26,29)/b27-13+,28-19+. The summed E-state index contributed by atoms with van der Waals surface area (Å²) in [7, 11) is 2.75. The van der Waals surface area contributed by atoms with Crippen molar-refractivity contribution in [2.24, 2.45) is 10.3 Å². The molecule has 0 fully saturated rings. The first-order chi connectivity index (χ1) is 14.6. The van der Waals surface area contributed by atoms with E-state index in [1.54, 1.807) is 25.1 Å². The first-order valence-corrected chi connectivity index (χ1v) is 9.05. The molecule has 0 aliphatic rings. The quantitative estimate of drug-likeness (QED) is 0.400. The molecule has 0 aliphatic heterocycles. The maximum Gasteiger partial charge on any atom is 0.416 e. The molecular weight excluding hydrogens is 418 g/mol. The number of hydrogen-bond acceptors (Lipinski definition) is 5. The zero-order valence-electron chi connectivity index (χ0n) is 17.3. The monoisotopic (exact) mass is 439 g/mol. The normalized spacial score (nSPS) is 12.5. The summed E-state index contributed by atoms with van der Waals surface area (Å²) in [6.45, 7) is 3.08. The Labute approximate surface area is 176 Å². The van der Waals surface area contributed by atoms with E-state index in [1.807, 2.05) is 0 Å². The molecule has 0 spiro atoms. The van der Waals surface area contributed by atoms with Gasteiger partial charge in [-0.15, -0.1) is 0 Å². The predicted octanol–water partition coefficient (Wildman–Crippen LogP) is 4.19. The molecule has 2 rings (SSSR count). The van der Waals surface area contributed by atoms with Gasteiger partial charge in [0.15, 0.2) is 5.71 Å². The largest absolute Gasteiger partial charge is 0.416 e. The molecule has 2 aromatic carbocycles. The molecule has 0 aliphatic carbocycles. The van der Waals surface area contributed by atoms with Crippen LogP contribution in [-0.4, -0.2) is 31.5 Å². The molecule has 0 saturated carbocycles. The van der Waals surface area contributed by atoms with Crippen molar-refractivity contribution < 1.29 is 32.0 Å². The first-order valence-electron chi connectivity index (χ1n) is 9.05. The van der Waals surface area contributed by atoms with Crippen LogP contribution in [0.3, 0.4) is 0 Å². The first kappa shape index (κ1) is 23.8. The number of benzene rings is 2. The van der Waals surface area contributed by atoms with Crippen LogP contribution in [0.5, 0.6) is 0 Å². The Kier molecular flexibility index (Phi) is 7.73. The summed E-state index contributed by atoms with van der Waals surface area (Å²) in [4.78, 5) is 22.2. The number of halogens is 4. The Hall–Kier alpha value is -3.43. The third-order valence-corrected chi connectivity index (χ3v) is 4.34. The van der Waals surface area contributed by atoms with Crippen molar-refractivity contribution in [3.63, 3.8) is 0 Å². The molecule has 6 nitrogen and oxygen atoms in total. The van der Waals surface area contributed by atoms with Crippen molar-refractivity contribution >= 4 is 17.3 Å². The van der Waals surface area contributed by atoms with Crippen LogP contribution in [0.2, 0.25) is 0 Å². The van der Waals surface area contributed by atoms with Crippen LogP contribution in [-0.2, 0) is 27.3 Å². The zero-order valence-corrected chi connectivity index (χ0v) is 17.3. The molecule has 1 N–H and O–H groups in total. The van der Waals surface area contributed by atoms with Crippen molar-refractivity contribution in [1.82, 2.24) is 5.32 Å². The van der Waals surface area contributed by atoms with E-state index < -0.39 is 23.5 Å². The summed E-state index contributed by atoms with van der Waals surface area (Å²) in [6, 6.07) is 7.30. The van der Waals surface area contributed by atoms with Gasteiger partial charge in [-0.2, -0.15) is 13.2 Å². The smallest absolute Gasteiger partial charge is 0.398 e. The van der Waals surface area contributed by atoms with E-state index in [0.29, 0.717) is 17.2 Å². The minimum Gasteiger partial charge on any atom is -0.398 e. The van der Waals surface area contributed by atoms with E-state index in [-0.39, 0.29) is 23.6 Å². The average molecular weight is 439 g/mol. The van der Waals surface area contributed by atoms with Crippen molar-refractivity contribution in [2.45, 2.75) is 26.6 Å². The van der Waals surface area contributed by atoms with E-state index in [2.05, 4.69) is 15.6 Å². The number of nitrogens with zero attached hydrogens (tertiary/aromatic N) is 2. The molecule has 31 heavy (non-hydrogen) atoms. The van der Waals surface area contributed by atoms with Crippen LogP contribution in [0.4, 0.5) is 17.6 Å². The van der Waals surface area contributed by atoms with Crippen LogP contribution in [0.1, 0.15) is 34.7 Å². The van der Waals surface area contributed by atoms with Gasteiger partial charge in [0, 0.05) is 23.7 Å². The van der Waals surface area contributed by atoms with Crippen LogP contribution in [0.15, 0.2) is 46.7 Å². The van der Waals surface area contributed by atoms with E-state index in [1.165, 1.54) is 21.1 Å². The van der Waals surface area contributed by atoms with Crippen molar-refractivity contribution in [3.8, 4) is 0 Å². The molecule has 2 aromatic rings. The second-order valence-corrected chi connectivity index (χ2v) is 6.48. The Bertz CT molecular complexity index is 1020. The van der Waals surface area contributed by atoms with Gasteiger partial charge in [-0.05, 0) is 37.6 Å². The molecule has 166 valence electrons. The summed E-state index contributed by atoms with van der Waals surface area (Å²) >= 11 is 0. The molecule has 0 bridgehead atoms. The lowest BCUT2D eigenvalue weighted by Crippen LogP contribution is -2.29. The van der Waals surface area contributed by atoms with E-state index >= 15 is 0 Å². The molecule has 0 atom stereocenters. The highest BCUT2D eigenvalue weighted by Gasteiger charge is 2.31. The van der Waals surface area contributed by atoms with Crippen molar-refractivity contribution in [2.75, 3.05) is 14.2 Å². The number of amides is 1. The molecule has 10 heteroatoms. The molecule has 0 unspecified atom stereocenters. The van der Waals surface area contributed by atoms with E-state index in [9.17, 15) is 22.4 Å². The summed E-state index contributed by atoms with van der Waals surface area (Å²) in [6.07, 6.45) is -4.69. The van der Waals surface area contributed by atoms with Gasteiger partial charge in [-0.1, -0.05) is 28.5 Å². The van der Waals surface area contributed by atoms with Gasteiger partial charge in [-0.3, -0.25) is 4.79 Å². The lowest BCUT2D eigenvalue weighted by atomic mass is 9.98. The number of alkyl halides is 3. The fourth-order valence-electron chi connectivity index (χ4n) is 2.75. The maximum absolute atomic E-state index is 13.6. The van der Waals surface area contributed by atoms with Gasteiger partial charge in [0.2, 0.25) is 0 Å². The van der Waals surface area contributed by atoms with Gasteiger partial charge < -0.3 is 15.0 Å². The SMILES string of the molecule is CNC(=O)/C(=N/OC)c1cccc(C)c1CO/N=C(\C)c1cc(F)cc(C(F)(F)F)c1. The summed E-state index contributed by atoms with van der Waals surface area (Å²) in [5.74, 6) is -1.51. The minimum atomic E-state index is -4.69. The van der Waals surface area contributed by atoms with Gasteiger partial charge >= 0.3 is 6.18 Å². The maximum atomic E-state index is 13.6. The lowest BCUT2D eigenvalue weighted by molar-refractivity contribution is -0.137. The van der Waals surface area contributed by atoms with Crippen LogP contribution >= 0.6 is 0 Å². The van der Waals surface area contributed by atoms with Gasteiger partial charge in [0.05, 0.1) is 11.3 Å².